The summed E-state index contributed by atoms with van der Waals surface area (Å²) in [6.07, 6.45) is -3.17. The molecule has 0 fully saturated rings. The monoisotopic (exact) mass is 262 g/mol. The summed E-state index contributed by atoms with van der Waals surface area (Å²) < 4.78 is 37.4. The van der Waals surface area contributed by atoms with Crippen LogP contribution in [0, 0.1) is 0 Å². The molecule has 0 atom stereocenters. The van der Waals surface area contributed by atoms with Gasteiger partial charge in [-0.05, 0) is 26.0 Å². The molecule has 0 aromatic carbocycles. The Kier molecular flexibility index (Phi) is 4.15. The minimum atomic E-state index is -4.41. The first-order chi connectivity index (χ1) is 8.22. The zero-order valence-electron chi connectivity index (χ0n) is 9.90. The maximum atomic E-state index is 12.5. The molecule has 0 saturated heterocycles. The summed E-state index contributed by atoms with van der Waals surface area (Å²) >= 11 is 0. The second-order valence-corrected chi connectivity index (χ2v) is 4.01. The van der Waals surface area contributed by atoms with Gasteiger partial charge in [0.1, 0.15) is 6.54 Å². The third-order valence-electron chi connectivity index (χ3n) is 2.27. The predicted octanol–water partition coefficient (Wildman–Crippen LogP) is 2.56. The molecule has 1 aromatic heterocycles. The van der Waals surface area contributed by atoms with Gasteiger partial charge in [-0.15, -0.1) is 0 Å². The summed E-state index contributed by atoms with van der Waals surface area (Å²) in [4.78, 5) is 15.5. The number of aromatic nitrogens is 1. The van der Waals surface area contributed by atoms with Crippen molar-refractivity contribution in [1.29, 1.82) is 0 Å². The van der Waals surface area contributed by atoms with Crippen LogP contribution in [0.15, 0.2) is 18.3 Å². The van der Waals surface area contributed by atoms with Crippen molar-refractivity contribution < 1.29 is 23.1 Å². The molecule has 0 radical (unpaired) electrons. The van der Waals surface area contributed by atoms with Gasteiger partial charge in [0.05, 0.1) is 5.69 Å². The Bertz CT molecular complexity index is 433. The summed E-state index contributed by atoms with van der Waals surface area (Å²) in [6, 6.07) is 2.24. The molecule has 0 bridgehead atoms. The highest BCUT2D eigenvalue weighted by molar-refractivity contribution is 5.92. The highest BCUT2D eigenvalue weighted by Gasteiger charge is 2.33. The topological polar surface area (TPSA) is 53.4 Å². The van der Waals surface area contributed by atoms with Gasteiger partial charge >= 0.3 is 12.1 Å². The maximum absolute atomic E-state index is 12.5. The van der Waals surface area contributed by atoms with Crippen molar-refractivity contribution in [3.05, 3.63) is 24.0 Å². The van der Waals surface area contributed by atoms with Crippen molar-refractivity contribution in [2.45, 2.75) is 26.1 Å². The number of carbonyl (C=O) groups is 1. The van der Waals surface area contributed by atoms with Crippen molar-refractivity contribution in [3.63, 3.8) is 0 Å². The molecule has 0 aliphatic heterocycles. The van der Waals surface area contributed by atoms with E-state index in [1.807, 2.05) is 0 Å². The van der Waals surface area contributed by atoms with E-state index in [4.69, 9.17) is 5.11 Å². The molecule has 100 valence electrons. The van der Waals surface area contributed by atoms with Crippen LogP contribution < -0.4 is 4.90 Å². The standard InChI is InChI=1S/C11H13F3N2O2/c1-7(2)16(6-11(12,13)14)8-4-3-5-15-9(8)10(17)18/h3-5,7H,6H2,1-2H3,(H,17,18). The lowest BCUT2D eigenvalue weighted by molar-refractivity contribution is -0.120. The third kappa shape index (κ3) is 3.61. The van der Waals surface area contributed by atoms with E-state index in [1.54, 1.807) is 13.8 Å². The van der Waals surface area contributed by atoms with Gasteiger partial charge in [0.25, 0.3) is 0 Å². The molecule has 0 aliphatic carbocycles. The molecule has 0 unspecified atom stereocenters. The summed E-state index contributed by atoms with van der Waals surface area (Å²) in [5, 5.41) is 8.92. The molecule has 1 aromatic rings. The largest absolute Gasteiger partial charge is 0.476 e. The van der Waals surface area contributed by atoms with E-state index in [-0.39, 0.29) is 11.4 Å². The number of rotatable bonds is 4. The first-order valence-electron chi connectivity index (χ1n) is 5.24. The smallest absolute Gasteiger partial charge is 0.405 e. The van der Waals surface area contributed by atoms with Gasteiger partial charge in [-0.25, -0.2) is 9.78 Å². The van der Waals surface area contributed by atoms with E-state index >= 15 is 0 Å². The Balaban J connectivity index is 3.18. The quantitative estimate of drug-likeness (QED) is 0.906. The molecule has 1 heterocycles. The summed E-state index contributed by atoms with van der Waals surface area (Å²) in [5.74, 6) is -1.35. The van der Waals surface area contributed by atoms with Crippen LogP contribution in [0.1, 0.15) is 24.3 Å². The number of aromatic carboxylic acids is 1. The molecule has 7 heteroatoms. The van der Waals surface area contributed by atoms with Gasteiger partial charge < -0.3 is 10.0 Å². The number of carboxylic acids is 1. The molecular weight excluding hydrogens is 249 g/mol. The number of hydrogen-bond donors (Lipinski definition) is 1. The Morgan fingerprint density at radius 1 is 1.50 bits per heavy atom. The van der Waals surface area contributed by atoms with E-state index in [9.17, 15) is 18.0 Å². The highest BCUT2D eigenvalue weighted by Crippen LogP contribution is 2.26. The summed E-state index contributed by atoms with van der Waals surface area (Å²) in [5.41, 5.74) is -0.409. The predicted molar refractivity (Wildman–Crippen MR) is 59.7 cm³/mol. The van der Waals surface area contributed by atoms with Crippen LogP contribution in [0.25, 0.3) is 0 Å². The molecular formula is C11H13F3N2O2. The van der Waals surface area contributed by atoms with E-state index in [1.165, 1.54) is 18.3 Å². The first-order valence-corrected chi connectivity index (χ1v) is 5.24. The fraction of sp³-hybridized carbons (Fsp3) is 0.455. The average Bonchev–Trinajstić information content (AvgIpc) is 2.24. The Morgan fingerprint density at radius 3 is 2.56 bits per heavy atom. The molecule has 0 amide bonds. The van der Waals surface area contributed by atoms with Gasteiger partial charge in [0, 0.05) is 12.2 Å². The lowest BCUT2D eigenvalue weighted by atomic mass is 10.2. The fourth-order valence-electron chi connectivity index (χ4n) is 1.53. The van der Waals surface area contributed by atoms with Crippen LogP contribution in [-0.2, 0) is 0 Å². The fourth-order valence-corrected chi connectivity index (χ4v) is 1.53. The van der Waals surface area contributed by atoms with Crippen LogP contribution in [0.4, 0.5) is 18.9 Å². The normalized spacial score (nSPS) is 11.7. The lowest BCUT2D eigenvalue weighted by Gasteiger charge is -2.30. The van der Waals surface area contributed by atoms with Crippen molar-refractivity contribution in [1.82, 2.24) is 4.98 Å². The Morgan fingerprint density at radius 2 is 2.11 bits per heavy atom. The van der Waals surface area contributed by atoms with Gasteiger partial charge in [0.15, 0.2) is 5.69 Å². The van der Waals surface area contributed by atoms with E-state index in [2.05, 4.69) is 4.98 Å². The van der Waals surface area contributed by atoms with Crippen molar-refractivity contribution in [2.75, 3.05) is 11.4 Å². The minimum absolute atomic E-state index is 0.0303. The van der Waals surface area contributed by atoms with Gasteiger partial charge in [-0.2, -0.15) is 13.2 Å². The Labute approximate surface area is 102 Å². The molecule has 1 rings (SSSR count). The second-order valence-electron chi connectivity index (χ2n) is 4.01. The highest BCUT2D eigenvalue weighted by atomic mass is 19.4. The summed E-state index contributed by atoms with van der Waals surface area (Å²) in [7, 11) is 0. The molecule has 1 N–H and O–H groups in total. The minimum Gasteiger partial charge on any atom is -0.476 e. The molecule has 0 saturated carbocycles. The maximum Gasteiger partial charge on any atom is 0.405 e. The lowest BCUT2D eigenvalue weighted by Crippen LogP contribution is -2.40. The number of anilines is 1. The van der Waals surface area contributed by atoms with Crippen molar-refractivity contribution >= 4 is 11.7 Å². The molecule has 4 nitrogen and oxygen atoms in total. The van der Waals surface area contributed by atoms with Crippen LogP contribution >= 0.6 is 0 Å². The van der Waals surface area contributed by atoms with Gasteiger partial charge in [-0.1, -0.05) is 0 Å². The van der Waals surface area contributed by atoms with Crippen LogP contribution in [0.5, 0.6) is 0 Å². The third-order valence-corrected chi connectivity index (χ3v) is 2.27. The van der Waals surface area contributed by atoms with Crippen LogP contribution in [0.3, 0.4) is 0 Å². The van der Waals surface area contributed by atoms with E-state index in [0.29, 0.717) is 0 Å². The first kappa shape index (κ1) is 14.3. The SMILES string of the molecule is CC(C)N(CC(F)(F)F)c1cccnc1C(=O)O. The van der Waals surface area contributed by atoms with E-state index < -0.39 is 24.7 Å². The average molecular weight is 262 g/mol. The van der Waals surface area contributed by atoms with Gasteiger partial charge in [-0.3, -0.25) is 0 Å². The number of nitrogens with zero attached hydrogens (tertiary/aromatic N) is 2. The zero-order chi connectivity index (χ0) is 13.9. The van der Waals surface area contributed by atoms with Gasteiger partial charge in [0.2, 0.25) is 0 Å². The molecule has 0 aliphatic rings. The zero-order valence-corrected chi connectivity index (χ0v) is 9.90. The van der Waals surface area contributed by atoms with E-state index in [0.717, 1.165) is 4.90 Å². The van der Waals surface area contributed by atoms with Crippen LogP contribution in [-0.4, -0.2) is 34.8 Å². The van der Waals surface area contributed by atoms with Crippen molar-refractivity contribution in [2.24, 2.45) is 0 Å². The number of pyridine rings is 1. The van der Waals surface area contributed by atoms with Crippen LogP contribution in [0.2, 0.25) is 0 Å². The number of halogens is 3. The number of hydrogen-bond acceptors (Lipinski definition) is 3. The Hall–Kier alpha value is -1.79. The van der Waals surface area contributed by atoms with Crippen molar-refractivity contribution in [3.8, 4) is 0 Å². The molecule has 0 spiro atoms. The number of carboxylic acid groups (broad SMARTS) is 1. The number of alkyl halides is 3. The molecule has 18 heavy (non-hydrogen) atoms. The summed E-state index contributed by atoms with van der Waals surface area (Å²) in [6.45, 7) is 1.91. The second kappa shape index (κ2) is 5.24.